The highest BCUT2D eigenvalue weighted by molar-refractivity contribution is 6.09. The first-order valence-electron chi connectivity index (χ1n) is 35.4. The van der Waals surface area contributed by atoms with Crippen molar-refractivity contribution in [1.29, 1.82) is 0 Å². The first kappa shape index (κ1) is 61.4. The minimum absolute atomic E-state index is 0.902. The summed E-state index contributed by atoms with van der Waals surface area (Å²) < 4.78 is 0. The Morgan fingerprint density at radius 1 is 0.170 bits per heavy atom. The molecule has 10 aromatic heterocycles. The van der Waals surface area contributed by atoms with E-state index in [4.69, 9.17) is 29.9 Å². The third-order valence-corrected chi connectivity index (χ3v) is 20.4. The first-order chi connectivity index (χ1) is 52.4. The van der Waals surface area contributed by atoms with Gasteiger partial charge in [0.15, 0.2) is 0 Å². The molecule has 0 amide bonds. The zero-order chi connectivity index (χ0) is 70.0. The van der Waals surface area contributed by atoms with Crippen molar-refractivity contribution in [3.8, 4) is 101 Å². The summed E-state index contributed by atoms with van der Waals surface area (Å²) in [5.74, 6) is 0. The predicted octanol–water partition coefficient (Wildman–Crippen LogP) is 23.9. The standard InChI is InChI=1S/C51H31N5.C45H27N5/c1-2-5-32(6-3-1)45-24-21-37-15-16-38-22-25-46(56-51(38)50(37)55-45)34-11-9-33(10-12-34)44-23-19-35-13-17-39(29-48(35)53-44)40-18-14-36-20-26-47(54-49(36)30-40)43-8-4-7-41-31-52-28-27-42(41)43;1-3-35-27-46-23-20-37(35)38(5-1)41-19-16-31-11-13-34(26-43(31)50-41)33-12-10-30-15-18-40(49-42(30)25-33)29-8-6-28(7-9-29)36-21-24-48-45-39(36)17-14-32-4-2-22-47-44(32)45/h1-31H;1-27H. The van der Waals surface area contributed by atoms with Crippen molar-refractivity contribution in [2.45, 2.75) is 0 Å². The predicted molar refractivity (Wildman–Crippen MR) is 435 cm³/mol. The highest BCUT2D eigenvalue weighted by Crippen LogP contribution is 2.38. The Kier molecular flexibility index (Phi) is 15.0. The highest BCUT2D eigenvalue weighted by Gasteiger charge is 2.16. The van der Waals surface area contributed by atoms with Gasteiger partial charge in [0, 0.05) is 124 Å². The van der Waals surface area contributed by atoms with Gasteiger partial charge in [0.05, 0.1) is 78.3 Å². The van der Waals surface area contributed by atoms with Crippen LogP contribution in [0.15, 0.2) is 353 Å². The second-order valence-corrected chi connectivity index (χ2v) is 26.7. The molecule has 10 heteroatoms. The van der Waals surface area contributed by atoms with Crippen LogP contribution in [0.1, 0.15) is 0 Å². The summed E-state index contributed by atoms with van der Waals surface area (Å²) in [6.45, 7) is 0. The van der Waals surface area contributed by atoms with Gasteiger partial charge in [-0.25, -0.2) is 29.9 Å². The molecule has 0 N–H and O–H groups in total. The van der Waals surface area contributed by atoms with Crippen LogP contribution in [0.25, 0.3) is 210 Å². The average molecular weight is 1350 g/mol. The minimum atomic E-state index is 0.902. The Morgan fingerprint density at radius 3 is 1.01 bits per heavy atom. The Labute approximate surface area is 608 Å². The number of pyridine rings is 10. The normalized spacial score (nSPS) is 11.6. The minimum Gasteiger partial charge on any atom is -0.264 e. The van der Waals surface area contributed by atoms with Crippen LogP contribution < -0.4 is 0 Å². The number of aromatic nitrogens is 10. The van der Waals surface area contributed by atoms with Gasteiger partial charge in [0.2, 0.25) is 0 Å². The molecule has 0 aliphatic heterocycles. The van der Waals surface area contributed by atoms with Gasteiger partial charge >= 0.3 is 0 Å². The van der Waals surface area contributed by atoms with Crippen LogP contribution in [0.4, 0.5) is 0 Å². The topological polar surface area (TPSA) is 129 Å². The second kappa shape index (κ2) is 25.8. The fraction of sp³-hybridized carbons (Fsp3) is 0. The van der Waals surface area contributed by atoms with Gasteiger partial charge in [0.25, 0.3) is 0 Å². The van der Waals surface area contributed by atoms with Crippen molar-refractivity contribution in [2.24, 2.45) is 0 Å². The van der Waals surface area contributed by atoms with Crippen LogP contribution >= 0.6 is 0 Å². The quantitative estimate of drug-likeness (QED) is 0.129. The SMILES string of the molecule is c1cc(-c2ccc3ccc(-c4ccc5ccc(-c6ccc(-c7ccnc8c7ccc7cccnc78)cc6)nc5c4)cc3n2)c2ccncc2c1.c1ccc(-c2ccc3ccc4ccc(-c5ccc(-c6ccc7ccc(-c8ccc9ccc(-c%10cccc%11cnccc%10%11)nc9c8)cc7n6)cc5)nc4c3n2)cc1. The molecule has 0 aliphatic rings. The number of fused-ring (bicyclic) bond motifs is 12. The maximum absolute atomic E-state index is 5.16. The third-order valence-electron chi connectivity index (χ3n) is 20.4. The lowest BCUT2D eigenvalue weighted by Gasteiger charge is -2.10. The fourth-order valence-electron chi connectivity index (χ4n) is 14.8. The van der Waals surface area contributed by atoms with Crippen molar-refractivity contribution in [2.75, 3.05) is 0 Å². The van der Waals surface area contributed by atoms with Crippen molar-refractivity contribution >= 4 is 109 Å². The second-order valence-electron chi connectivity index (χ2n) is 26.7. The molecule has 21 aromatic rings. The third kappa shape index (κ3) is 11.4. The summed E-state index contributed by atoms with van der Waals surface area (Å²) >= 11 is 0. The number of hydrogen-bond donors (Lipinski definition) is 0. The zero-order valence-corrected chi connectivity index (χ0v) is 57.0. The Hall–Kier alpha value is -14.5. The molecule has 0 fully saturated rings. The van der Waals surface area contributed by atoms with Gasteiger partial charge in [-0.05, 0) is 129 Å². The Balaban J connectivity index is 0.000000141. The van der Waals surface area contributed by atoms with E-state index in [0.717, 1.165) is 210 Å². The van der Waals surface area contributed by atoms with Crippen molar-refractivity contribution in [1.82, 2.24) is 49.8 Å². The molecule has 0 aliphatic carbocycles. The molecule has 106 heavy (non-hydrogen) atoms. The zero-order valence-electron chi connectivity index (χ0n) is 57.0. The smallest absolute Gasteiger partial charge is 0.0972 e. The van der Waals surface area contributed by atoms with E-state index in [1.807, 2.05) is 61.4 Å². The summed E-state index contributed by atoms with van der Waals surface area (Å²) in [6, 6.07) is 110. The van der Waals surface area contributed by atoms with Gasteiger partial charge < -0.3 is 0 Å². The molecule has 21 rings (SSSR count). The average Bonchev–Trinajstić information content (AvgIpc) is 0.786. The van der Waals surface area contributed by atoms with Gasteiger partial charge in [-0.3, -0.25) is 19.9 Å². The molecular weight excluding hydrogens is 1290 g/mol. The summed E-state index contributed by atoms with van der Waals surface area (Å²) in [7, 11) is 0. The summed E-state index contributed by atoms with van der Waals surface area (Å²) in [5, 5.41) is 13.2. The lowest BCUT2D eigenvalue weighted by atomic mass is 9.98. The van der Waals surface area contributed by atoms with E-state index >= 15 is 0 Å². The van der Waals surface area contributed by atoms with Crippen molar-refractivity contribution < 1.29 is 0 Å². The summed E-state index contributed by atoms with van der Waals surface area (Å²) in [6.07, 6.45) is 11.2. The van der Waals surface area contributed by atoms with Crippen LogP contribution in [0.5, 0.6) is 0 Å². The first-order valence-corrected chi connectivity index (χ1v) is 35.4. The molecule has 0 bridgehead atoms. The van der Waals surface area contributed by atoms with Crippen LogP contribution in [0.3, 0.4) is 0 Å². The van der Waals surface area contributed by atoms with Gasteiger partial charge in [0.1, 0.15) is 0 Å². The van der Waals surface area contributed by atoms with E-state index in [9.17, 15) is 0 Å². The molecule has 0 radical (unpaired) electrons. The van der Waals surface area contributed by atoms with Crippen LogP contribution in [-0.4, -0.2) is 49.8 Å². The van der Waals surface area contributed by atoms with Crippen molar-refractivity contribution in [3.05, 3.63) is 353 Å². The van der Waals surface area contributed by atoms with E-state index < -0.39 is 0 Å². The number of nitrogens with zero attached hydrogens (tertiary/aromatic N) is 10. The number of rotatable bonds is 9. The summed E-state index contributed by atoms with van der Waals surface area (Å²) in [4.78, 5) is 48.6. The van der Waals surface area contributed by atoms with Gasteiger partial charge in [-0.15, -0.1) is 0 Å². The number of benzene rings is 11. The summed E-state index contributed by atoms with van der Waals surface area (Å²) in [5.41, 5.74) is 26.2. The maximum atomic E-state index is 5.16. The van der Waals surface area contributed by atoms with Crippen LogP contribution in [-0.2, 0) is 0 Å². The van der Waals surface area contributed by atoms with E-state index in [1.54, 1.807) is 0 Å². The molecule has 0 unspecified atom stereocenters. The molecule has 492 valence electrons. The molecule has 0 atom stereocenters. The molecule has 0 saturated carbocycles. The molecule has 10 nitrogen and oxygen atoms in total. The largest absolute Gasteiger partial charge is 0.264 e. The van der Waals surface area contributed by atoms with Crippen LogP contribution in [0, 0.1) is 0 Å². The van der Waals surface area contributed by atoms with Gasteiger partial charge in [-0.1, -0.05) is 231 Å². The maximum Gasteiger partial charge on any atom is 0.0972 e. The molecule has 10 heterocycles. The van der Waals surface area contributed by atoms with E-state index in [2.05, 4.69) is 311 Å². The van der Waals surface area contributed by atoms with E-state index in [0.29, 0.717) is 0 Å². The lowest BCUT2D eigenvalue weighted by Crippen LogP contribution is -1.91. The fourth-order valence-corrected chi connectivity index (χ4v) is 14.8. The molecule has 0 spiro atoms. The van der Waals surface area contributed by atoms with Crippen molar-refractivity contribution in [3.63, 3.8) is 0 Å². The van der Waals surface area contributed by atoms with E-state index in [-0.39, 0.29) is 0 Å². The Bertz CT molecular complexity index is 7080. The molecular formula is C96H58N10. The molecule has 0 saturated heterocycles. The highest BCUT2D eigenvalue weighted by atomic mass is 14.8. The van der Waals surface area contributed by atoms with Gasteiger partial charge in [-0.2, -0.15) is 0 Å². The molecule has 11 aromatic carbocycles. The lowest BCUT2D eigenvalue weighted by molar-refractivity contribution is 1.36. The van der Waals surface area contributed by atoms with Crippen LogP contribution in [0.2, 0.25) is 0 Å². The monoisotopic (exact) mass is 1350 g/mol. The van der Waals surface area contributed by atoms with E-state index in [1.165, 1.54) is 0 Å². The Morgan fingerprint density at radius 2 is 0.528 bits per heavy atom. The number of hydrogen-bond acceptors (Lipinski definition) is 10.